The highest BCUT2D eigenvalue weighted by atomic mass is 16.5. The lowest BCUT2D eigenvalue weighted by molar-refractivity contribution is 0.0320. The van der Waals surface area contributed by atoms with Crippen molar-refractivity contribution in [2.75, 3.05) is 39.9 Å². The molecule has 1 fully saturated rings. The van der Waals surface area contributed by atoms with E-state index >= 15 is 0 Å². The molecule has 0 bridgehead atoms. The molecule has 0 aromatic rings. The molecule has 17 heavy (non-hydrogen) atoms. The fourth-order valence-corrected chi connectivity index (χ4v) is 2.54. The van der Waals surface area contributed by atoms with Gasteiger partial charge in [-0.25, -0.2) is 0 Å². The molecule has 0 saturated carbocycles. The third kappa shape index (κ3) is 4.92. The third-order valence-corrected chi connectivity index (χ3v) is 3.93. The topological polar surface area (TPSA) is 58.7 Å². The first kappa shape index (κ1) is 14.9. The molecule has 4 heteroatoms. The minimum absolute atomic E-state index is 0.371. The second kappa shape index (κ2) is 7.31. The third-order valence-electron chi connectivity index (χ3n) is 3.93. The summed E-state index contributed by atoms with van der Waals surface area (Å²) in [4.78, 5) is 2.47. The van der Waals surface area contributed by atoms with Crippen molar-refractivity contribution >= 4 is 0 Å². The molecule has 4 nitrogen and oxygen atoms in total. The van der Waals surface area contributed by atoms with Crippen LogP contribution in [0.15, 0.2) is 0 Å². The lowest BCUT2D eigenvalue weighted by atomic mass is 9.95. The number of nitrogens with zero attached hydrogens (tertiary/aromatic N) is 1. The lowest BCUT2D eigenvalue weighted by Crippen LogP contribution is -2.37. The maximum Gasteiger partial charge on any atom is 0.0767 e. The van der Waals surface area contributed by atoms with Crippen LogP contribution in [0.4, 0.5) is 0 Å². The molecule has 2 atom stereocenters. The van der Waals surface area contributed by atoms with E-state index < -0.39 is 5.60 Å². The lowest BCUT2D eigenvalue weighted by Gasteiger charge is -2.26. The van der Waals surface area contributed by atoms with Crippen molar-refractivity contribution in [2.24, 2.45) is 11.7 Å². The summed E-state index contributed by atoms with van der Waals surface area (Å²) in [7, 11) is 1.77. The Labute approximate surface area is 105 Å². The Balaban J connectivity index is 2.15. The second-order valence-electron chi connectivity index (χ2n) is 5.30. The van der Waals surface area contributed by atoms with Gasteiger partial charge in [0.1, 0.15) is 0 Å². The predicted octanol–water partition coefficient (Wildman–Crippen LogP) is 0.835. The molecular formula is C13H28N2O2. The van der Waals surface area contributed by atoms with Gasteiger partial charge in [0.05, 0.1) is 12.2 Å². The molecule has 2 unspecified atom stereocenters. The van der Waals surface area contributed by atoms with Crippen LogP contribution in [0.3, 0.4) is 0 Å². The Morgan fingerprint density at radius 1 is 1.53 bits per heavy atom. The first-order valence-electron chi connectivity index (χ1n) is 6.77. The van der Waals surface area contributed by atoms with E-state index in [0.717, 1.165) is 39.0 Å². The maximum atomic E-state index is 10.1. The van der Waals surface area contributed by atoms with Crippen LogP contribution in [-0.4, -0.2) is 55.5 Å². The molecular weight excluding hydrogens is 216 g/mol. The molecule has 1 saturated heterocycles. The van der Waals surface area contributed by atoms with Crippen molar-refractivity contribution in [2.45, 2.75) is 38.2 Å². The van der Waals surface area contributed by atoms with E-state index in [1.165, 1.54) is 13.0 Å². The fourth-order valence-electron chi connectivity index (χ4n) is 2.54. The first-order chi connectivity index (χ1) is 8.13. The molecule has 1 aliphatic rings. The monoisotopic (exact) mass is 244 g/mol. The van der Waals surface area contributed by atoms with Gasteiger partial charge < -0.3 is 20.5 Å². The molecule has 0 aromatic carbocycles. The van der Waals surface area contributed by atoms with Gasteiger partial charge in [0.25, 0.3) is 0 Å². The minimum atomic E-state index is -0.647. The summed E-state index contributed by atoms with van der Waals surface area (Å²) in [5, 5.41) is 10.1. The van der Waals surface area contributed by atoms with E-state index in [-0.39, 0.29) is 0 Å². The molecule has 1 rings (SSSR count). The van der Waals surface area contributed by atoms with E-state index in [2.05, 4.69) is 4.90 Å². The van der Waals surface area contributed by atoms with Gasteiger partial charge in [0.15, 0.2) is 0 Å². The van der Waals surface area contributed by atoms with Crippen molar-refractivity contribution in [1.29, 1.82) is 0 Å². The highest BCUT2D eigenvalue weighted by Crippen LogP contribution is 2.19. The Kier molecular flexibility index (Phi) is 6.41. The normalized spacial score (nSPS) is 25.1. The SMILES string of the molecule is CCC(O)(CN)CCCN1CCC(COC)C1. The van der Waals surface area contributed by atoms with E-state index in [1.807, 2.05) is 6.92 Å². The van der Waals surface area contributed by atoms with Gasteiger partial charge in [-0.05, 0) is 44.7 Å². The van der Waals surface area contributed by atoms with Crippen molar-refractivity contribution in [3.05, 3.63) is 0 Å². The second-order valence-corrected chi connectivity index (χ2v) is 5.30. The van der Waals surface area contributed by atoms with Crippen LogP contribution in [0, 0.1) is 5.92 Å². The van der Waals surface area contributed by atoms with Gasteiger partial charge in [-0.1, -0.05) is 6.92 Å². The Morgan fingerprint density at radius 3 is 2.88 bits per heavy atom. The molecule has 0 spiro atoms. The van der Waals surface area contributed by atoms with Crippen molar-refractivity contribution in [1.82, 2.24) is 4.90 Å². The predicted molar refractivity (Wildman–Crippen MR) is 70.0 cm³/mol. The first-order valence-corrected chi connectivity index (χ1v) is 6.77. The summed E-state index contributed by atoms with van der Waals surface area (Å²) in [6.45, 7) is 6.62. The average molecular weight is 244 g/mol. The van der Waals surface area contributed by atoms with Gasteiger partial charge in [-0.2, -0.15) is 0 Å². The number of nitrogens with two attached hydrogens (primary N) is 1. The van der Waals surface area contributed by atoms with Crippen LogP contribution in [-0.2, 0) is 4.74 Å². The van der Waals surface area contributed by atoms with Gasteiger partial charge >= 0.3 is 0 Å². The van der Waals surface area contributed by atoms with Crippen LogP contribution in [0.25, 0.3) is 0 Å². The fraction of sp³-hybridized carbons (Fsp3) is 1.00. The zero-order valence-corrected chi connectivity index (χ0v) is 11.3. The van der Waals surface area contributed by atoms with Gasteiger partial charge in [-0.15, -0.1) is 0 Å². The number of hydrogen-bond donors (Lipinski definition) is 2. The van der Waals surface area contributed by atoms with E-state index in [0.29, 0.717) is 12.5 Å². The van der Waals surface area contributed by atoms with E-state index in [1.54, 1.807) is 7.11 Å². The van der Waals surface area contributed by atoms with E-state index in [9.17, 15) is 5.11 Å². The molecule has 0 aromatic heterocycles. The van der Waals surface area contributed by atoms with Crippen molar-refractivity contribution < 1.29 is 9.84 Å². The summed E-state index contributed by atoms with van der Waals surface area (Å²) in [6.07, 6.45) is 3.82. The zero-order valence-electron chi connectivity index (χ0n) is 11.3. The molecule has 1 heterocycles. The maximum absolute atomic E-state index is 10.1. The number of likely N-dealkylation sites (tertiary alicyclic amines) is 1. The van der Waals surface area contributed by atoms with Gasteiger partial charge in [0, 0.05) is 20.2 Å². The van der Waals surface area contributed by atoms with Crippen LogP contribution < -0.4 is 5.73 Å². The average Bonchev–Trinajstić information content (AvgIpc) is 2.77. The van der Waals surface area contributed by atoms with Crippen LogP contribution in [0.2, 0.25) is 0 Å². The van der Waals surface area contributed by atoms with Crippen LogP contribution in [0.5, 0.6) is 0 Å². The summed E-state index contributed by atoms with van der Waals surface area (Å²) in [5.74, 6) is 0.694. The largest absolute Gasteiger partial charge is 0.389 e. The smallest absolute Gasteiger partial charge is 0.0767 e. The molecule has 0 amide bonds. The molecule has 0 radical (unpaired) electrons. The number of aliphatic hydroxyl groups is 1. The Morgan fingerprint density at radius 2 is 2.29 bits per heavy atom. The van der Waals surface area contributed by atoms with Crippen LogP contribution >= 0.6 is 0 Å². The van der Waals surface area contributed by atoms with Crippen molar-refractivity contribution in [3.8, 4) is 0 Å². The van der Waals surface area contributed by atoms with Gasteiger partial charge in [-0.3, -0.25) is 0 Å². The standard InChI is InChI=1S/C13H28N2O2/c1-3-13(16,11-14)6-4-7-15-8-5-12(9-15)10-17-2/h12,16H,3-11,14H2,1-2H3. The summed E-state index contributed by atoms with van der Waals surface area (Å²) in [5.41, 5.74) is 4.95. The van der Waals surface area contributed by atoms with Crippen LogP contribution in [0.1, 0.15) is 32.6 Å². The highest BCUT2D eigenvalue weighted by molar-refractivity contribution is 4.80. The van der Waals surface area contributed by atoms with Gasteiger partial charge in [0.2, 0.25) is 0 Å². The number of methoxy groups -OCH3 is 1. The van der Waals surface area contributed by atoms with E-state index in [4.69, 9.17) is 10.5 Å². The quantitative estimate of drug-likeness (QED) is 0.664. The molecule has 0 aliphatic carbocycles. The molecule has 102 valence electrons. The summed E-state index contributed by atoms with van der Waals surface area (Å²) < 4.78 is 5.18. The van der Waals surface area contributed by atoms with Crippen molar-refractivity contribution in [3.63, 3.8) is 0 Å². The zero-order chi connectivity index (χ0) is 12.7. The Hall–Kier alpha value is -0.160. The summed E-state index contributed by atoms with van der Waals surface area (Å²) in [6, 6.07) is 0. The number of hydrogen-bond acceptors (Lipinski definition) is 4. The summed E-state index contributed by atoms with van der Waals surface area (Å²) >= 11 is 0. The number of rotatable bonds is 8. The minimum Gasteiger partial charge on any atom is -0.389 e. The molecule has 1 aliphatic heterocycles. The highest BCUT2D eigenvalue weighted by Gasteiger charge is 2.25. The Bertz CT molecular complexity index is 208. The molecule has 3 N–H and O–H groups in total. The number of ether oxygens (including phenoxy) is 1.